The molecule has 0 radical (unpaired) electrons. The lowest BCUT2D eigenvalue weighted by molar-refractivity contribution is 0.195. The average Bonchev–Trinajstić information content (AvgIpc) is 2.59. The maximum absolute atomic E-state index is 5.21. The summed E-state index contributed by atoms with van der Waals surface area (Å²) in [6.45, 7) is 1.60. The Balaban J connectivity index is 1.94. The first-order valence-electron chi connectivity index (χ1n) is 4.06. The van der Waals surface area contributed by atoms with Gasteiger partial charge in [0.2, 0.25) is 5.95 Å². The van der Waals surface area contributed by atoms with E-state index in [4.69, 9.17) is 4.74 Å². The molecule has 1 aliphatic rings. The Labute approximate surface area is 71.0 Å². The highest BCUT2D eigenvalue weighted by atomic mass is 16.5. The molecule has 1 aliphatic heterocycles. The Kier molecular flexibility index (Phi) is 2.18. The Bertz CT molecular complexity index is 233. The number of ether oxygens (including phenoxy) is 1. The van der Waals surface area contributed by atoms with Crippen LogP contribution >= 0.6 is 0 Å². The highest BCUT2D eigenvalue weighted by molar-refractivity contribution is 5.24. The highest BCUT2D eigenvalue weighted by Crippen LogP contribution is 2.08. The fraction of sp³-hybridized carbons (Fsp3) is 0.500. The van der Waals surface area contributed by atoms with E-state index < -0.39 is 0 Å². The normalized spacial score (nSPS) is 22.5. The van der Waals surface area contributed by atoms with Gasteiger partial charge in [-0.2, -0.15) is 0 Å². The zero-order valence-electron chi connectivity index (χ0n) is 6.73. The van der Waals surface area contributed by atoms with E-state index in [0.717, 1.165) is 19.6 Å². The van der Waals surface area contributed by atoms with Gasteiger partial charge in [0.1, 0.15) is 0 Å². The van der Waals surface area contributed by atoms with Crippen LogP contribution < -0.4 is 5.32 Å². The van der Waals surface area contributed by atoms with Crippen LogP contribution in [-0.4, -0.2) is 29.2 Å². The predicted octanol–water partition coefficient (Wildman–Crippen LogP) is 0.677. The number of nitrogens with one attached hydrogen (secondary N) is 1. The third-order valence-electron chi connectivity index (χ3n) is 1.83. The Morgan fingerprint density at radius 1 is 1.42 bits per heavy atom. The second kappa shape index (κ2) is 3.49. The summed E-state index contributed by atoms with van der Waals surface area (Å²) in [6.07, 6.45) is 4.49. The standard InChI is InChI=1S/C8H11N3O/c1-3-9-8(10-4-1)11-7-2-5-12-6-7/h1,3-4,7H,2,5-6H2,(H,9,10,11). The van der Waals surface area contributed by atoms with E-state index in [9.17, 15) is 0 Å². The zero-order valence-corrected chi connectivity index (χ0v) is 6.73. The molecule has 64 valence electrons. The van der Waals surface area contributed by atoms with E-state index in [1.165, 1.54) is 0 Å². The molecule has 1 atom stereocenters. The van der Waals surface area contributed by atoms with Crippen LogP contribution in [0.4, 0.5) is 5.95 Å². The fourth-order valence-corrected chi connectivity index (χ4v) is 1.20. The van der Waals surface area contributed by atoms with E-state index in [1.54, 1.807) is 18.5 Å². The van der Waals surface area contributed by atoms with Crippen LogP contribution in [0, 0.1) is 0 Å². The lowest BCUT2D eigenvalue weighted by Crippen LogP contribution is -2.20. The molecule has 4 heteroatoms. The first-order chi connectivity index (χ1) is 5.95. The number of rotatable bonds is 2. The van der Waals surface area contributed by atoms with Crippen molar-refractivity contribution in [2.75, 3.05) is 18.5 Å². The van der Waals surface area contributed by atoms with Gasteiger partial charge in [0.15, 0.2) is 0 Å². The third kappa shape index (κ3) is 1.71. The molecule has 1 aromatic heterocycles. The summed E-state index contributed by atoms with van der Waals surface area (Å²) < 4.78 is 5.21. The SMILES string of the molecule is c1cnc(NC2CCOC2)nc1. The first-order valence-corrected chi connectivity index (χ1v) is 4.06. The van der Waals surface area contributed by atoms with Crippen LogP contribution in [-0.2, 0) is 4.74 Å². The number of aromatic nitrogens is 2. The Hall–Kier alpha value is -1.16. The smallest absolute Gasteiger partial charge is 0.222 e. The molecule has 0 aliphatic carbocycles. The van der Waals surface area contributed by atoms with Crippen molar-refractivity contribution in [3.05, 3.63) is 18.5 Å². The maximum atomic E-state index is 5.21. The van der Waals surface area contributed by atoms with Gasteiger partial charge in [0.05, 0.1) is 12.6 Å². The molecule has 2 rings (SSSR count). The van der Waals surface area contributed by atoms with Crippen molar-refractivity contribution >= 4 is 5.95 Å². The predicted molar refractivity (Wildman–Crippen MR) is 44.9 cm³/mol. The van der Waals surface area contributed by atoms with E-state index in [-0.39, 0.29) is 0 Å². The largest absolute Gasteiger partial charge is 0.379 e. The molecule has 1 unspecified atom stereocenters. The topological polar surface area (TPSA) is 47.0 Å². The molecule has 0 bridgehead atoms. The van der Waals surface area contributed by atoms with Crippen LogP contribution in [0.5, 0.6) is 0 Å². The van der Waals surface area contributed by atoms with Gasteiger partial charge in [-0.1, -0.05) is 0 Å². The van der Waals surface area contributed by atoms with Crippen molar-refractivity contribution in [3.63, 3.8) is 0 Å². The minimum Gasteiger partial charge on any atom is -0.379 e. The molecule has 1 N–H and O–H groups in total. The molecule has 0 spiro atoms. The van der Waals surface area contributed by atoms with Crippen molar-refractivity contribution in [1.29, 1.82) is 0 Å². The summed E-state index contributed by atoms with van der Waals surface area (Å²) in [5, 5.41) is 3.19. The molecule has 1 fully saturated rings. The number of nitrogens with zero attached hydrogens (tertiary/aromatic N) is 2. The molecular weight excluding hydrogens is 154 g/mol. The summed E-state index contributed by atoms with van der Waals surface area (Å²) in [4.78, 5) is 8.13. The van der Waals surface area contributed by atoms with Crippen molar-refractivity contribution in [1.82, 2.24) is 9.97 Å². The maximum Gasteiger partial charge on any atom is 0.222 e. The molecule has 4 nitrogen and oxygen atoms in total. The van der Waals surface area contributed by atoms with Crippen molar-refractivity contribution in [3.8, 4) is 0 Å². The summed E-state index contributed by atoms with van der Waals surface area (Å²) in [7, 11) is 0. The monoisotopic (exact) mass is 165 g/mol. The molecule has 2 heterocycles. The summed E-state index contributed by atoms with van der Waals surface area (Å²) in [5.41, 5.74) is 0. The van der Waals surface area contributed by atoms with Crippen LogP contribution in [0.25, 0.3) is 0 Å². The van der Waals surface area contributed by atoms with Gasteiger partial charge in [-0.25, -0.2) is 9.97 Å². The third-order valence-corrected chi connectivity index (χ3v) is 1.83. The van der Waals surface area contributed by atoms with Gasteiger partial charge in [0, 0.05) is 19.0 Å². The molecule has 1 aromatic rings. The van der Waals surface area contributed by atoms with Crippen molar-refractivity contribution in [2.45, 2.75) is 12.5 Å². The molecule has 1 saturated heterocycles. The van der Waals surface area contributed by atoms with Gasteiger partial charge in [-0.3, -0.25) is 0 Å². The minimum absolute atomic E-state index is 0.382. The van der Waals surface area contributed by atoms with Crippen LogP contribution in [0.3, 0.4) is 0 Å². The summed E-state index contributed by atoms with van der Waals surface area (Å²) in [6, 6.07) is 2.18. The second-order valence-electron chi connectivity index (χ2n) is 2.78. The van der Waals surface area contributed by atoms with E-state index in [2.05, 4.69) is 15.3 Å². The molecule has 0 amide bonds. The molecule has 12 heavy (non-hydrogen) atoms. The molecule has 0 aromatic carbocycles. The highest BCUT2D eigenvalue weighted by Gasteiger charge is 2.15. The Morgan fingerprint density at radius 3 is 2.92 bits per heavy atom. The number of anilines is 1. The van der Waals surface area contributed by atoms with E-state index >= 15 is 0 Å². The van der Waals surface area contributed by atoms with Crippen LogP contribution in [0.15, 0.2) is 18.5 Å². The van der Waals surface area contributed by atoms with Crippen LogP contribution in [0.1, 0.15) is 6.42 Å². The lowest BCUT2D eigenvalue weighted by atomic mass is 10.3. The van der Waals surface area contributed by atoms with E-state index in [1.807, 2.05) is 0 Å². The van der Waals surface area contributed by atoms with Crippen molar-refractivity contribution < 1.29 is 4.74 Å². The molecule has 0 saturated carbocycles. The minimum atomic E-state index is 0.382. The summed E-state index contributed by atoms with van der Waals surface area (Å²) in [5.74, 6) is 0.688. The summed E-state index contributed by atoms with van der Waals surface area (Å²) >= 11 is 0. The van der Waals surface area contributed by atoms with Crippen LogP contribution in [0.2, 0.25) is 0 Å². The zero-order chi connectivity index (χ0) is 8.23. The van der Waals surface area contributed by atoms with Gasteiger partial charge in [0.25, 0.3) is 0 Å². The first kappa shape index (κ1) is 7.49. The second-order valence-corrected chi connectivity index (χ2v) is 2.78. The van der Waals surface area contributed by atoms with E-state index in [0.29, 0.717) is 12.0 Å². The fourth-order valence-electron chi connectivity index (χ4n) is 1.20. The van der Waals surface area contributed by atoms with Gasteiger partial charge in [-0.15, -0.1) is 0 Å². The van der Waals surface area contributed by atoms with Gasteiger partial charge in [-0.05, 0) is 12.5 Å². The Morgan fingerprint density at radius 2 is 2.25 bits per heavy atom. The quantitative estimate of drug-likeness (QED) is 0.700. The van der Waals surface area contributed by atoms with Gasteiger partial charge >= 0.3 is 0 Å². The number of hydrogen-bond donors (Lipinski definition) is 1. The molecular formula is C8H11N3O. The number of hydrogen-bond acceptors (Lipinski definition) is 4. The average molecular weight is 165 g/mol. The van der Waals surface area contributed by atoms with Gasteiger partial charge < -0.3 is 10.1 Å². The lowest BCUT2D eigenvalue weighted by Gasteiger charge is -2.08. The van der Waals surface area contributed by atoms with Crippen molar-refractivity contribution in [2.24, 2.45) is 0 Å².